The largest absolute Gasteiger partial charge is 0.444 e. The third-order valence-electron chi connectivity index (χ3n) is 4.36. The molecule has 0 bridgehead atoms. The third-order valence-corrected chi connectivity index (χ3v) is 4.36. The number of anilines is 1. The molecule has 1 aromatic rings. The van der Waals surface area contributed by atoms with Gasteiger partial charge in [0.2, 0.25) is 5.91 Å². The number of aryl methyl sites for hydroxylation is 1. The standard InChI is InChI=1S/C21H33N5O3.HI/c1-21(2,3)29-20(28)24-13-8-12-23-19(22-4)25-15-18(27)26-14-7-10-16-9-5-6-11-17(16)26;/h5-6,9,11H,7-8,10,12-15H2,1-4H3,(H,24,28)(H2,22,23,25);1H. The Morgan fingerprint density at radius 3 is 2.53 bits per heavy atom. The first kappa shape index (κ1) is 26.0. The van der Waals surface area contributed by atoms with Gasteiger partial charge < -0.3 is 25.6 Å². The number of para-hydroxylation sites is 1. The Labute approximate surface area is 196 Å². The van der Waals surface area contributed by atoms with Gasteiger partial charge in [-0.1, -0.05) is 18.2 Å². The second-order valence-electron chi connectivity index (χ2n) is 7.91. The zero-order valence-electron chi connectivity index (χ0n) is 18.3. The minimum atomic E-state index is -0.504. The minimum Gasteiger partial charge on any atom is -0.444 e. The Bertz CT molecular complexity index is 734. The predicted octanol–water partition coefficient (Wildman–Crippen LogP) is 2.66. The van der Waals surface area contributed by atoms with Crippen LogP contribution in [-0.4, -0.2) is 56.8 Å². The summed E-state index contributed by atoms with van der Waals surface area (Å²) < 4.78 is 5.19. The van der Waals surface area contributed by atoms with Gasteiger partial charge in [-0.15, -0.1) is 24.0 Å². The lowest BCUT2D eigenvalue weighted by atomic mass is 10.0. The van der Waals surface area contributed by atoms with Crippen molar-refractivity contribution in [2.24, 2.45) is 4.99 Å². The van der Waals surface area contributed by atoms with Crippen molar-refractivity contribution in [3.8, 4) is 0 Å². The van der Waals surface area contributed by atoms with Crippen LogP contribution in [0.3, 0.4) is 0 Å². The van der Waals surface area contributed by atoms with Gasteiger partial charge in [-0.2, -0.15) is 0 Å². The van der Waals surface area contributed by atoms with Crippen LogP contribution in [0.2, 0.25) is 0 Å². The van der Waals surface area contributed by atoms with E-state index in [0.717, 1.165) is 25.1 Å². The second kappa shape index (κ2) is 12.6. The van der Waals surface area contributed by atoms with Gasteiger partial charge in [0.1, 0.15) is 5.60 Å². The van der Waals surface area contributed by atoms with Crippen molar-refractivity contribution in [2.45, 2.75) is 45.6 Å². The smallest absolute Gasteiger partial charge is 0.407 e. The number of halogens is 1. The number of fused-ring (bicyclic) bond motifs is 1. The number of ether oxygens (including phenoxy) is 1. The van der Waals surface area contributed by atoms with E-state index in [1.54, 1.807) is 7.05 Å². The van der Waals surface area contributed by atoms with Gasteiger partial charge >= 0.3 is 6.09 Å². The fourth-order valence-electron chi connectivity index (χ4n) is 3.07. The van der Waals surface area contributed by atoms with Crippen LogP contribution < -0.4 is 20.9 Å². The van der Waals surface area contributed by atoms with Gasteiger partial charge in [0.15, 0.2) is 5.96 Å². The molecule has 3 N–H and O–H groups in total. The molecule has 0 spiro atoms. The molecular formula is C21H34IN5O3. The molecule has 0 unspecified atom stereocenters. The number of carbonyl (C=O) groups excluding carboxylic acids is 2. The number of rotatable bonds is 6. The van der Waals surface area contributed by atoms with Gasteiger partial charge in [-0.3, -0.25) is 9.79 Å². The Morgan fingerprint density at radius 2 is 1.83 bits per heavy atom. The fourth-order valence-corrected chi connectivity index (χ4v) is 3.07. The second-order valence-corrected chi connectivity index (χ2v) is 7.91. The lowest BCUT2D eigenvalue weighted by Crippen LogP contribution is -2.46. The summed E-state index contributed by atoms with van der Waals surface area (Å²) in [6.07, 6.45) is 2.26. The maximum Gasteiger partial charge on any atom is 0.407 e. The molecule has 8 nitrogen and oxygen atoms in total. The molecule has 0 fully saturated rings. The van der Waals surface area contributed by atoms with Crippen LogP contribution in [0.5, 0.6) is 0 Å². The Hall–Kier alpha value is -2.04. The first-order valence-electron chi connectivity index (χ1n) is 10.1. The molecule has 0 radical (unpaired) electrons. The fraction of sp³-hybridized carbons (Fsp3) is 0.571. The van der Waals surface area contributed by atoms with E-state index in [4.69, 9.17) is 4.74 Å². The molecule has 30 heavy (non-hydrogen) atoms. The van der Waals surface area contributed by atoms with Crippen molar-refractivity contribution in [3.05, 3.63) is 29.8 Å². The molecule has 9 heteroatoms. The van der Waals surface area contributed by atoms with E-state index in [1.807, 2.05) is 43.9 Å². The summed E-state index contributed by atoms with van der Waals surface area (Å²) in [6, 6.07) is 8.04. The number of hydrogen-bond acceptors (Lipinski definition) is 4. The average Bonchev–Trinajstić information content (AvgIpc) is 2.68. The number of nitrogens with zero attached hydrogens (tertiary/aromatic N) is 2. The molecule has 2 rings (SSSR count). The zero-order valence-corrected chi connectivity index (χ0v) is 20.6. The molecule has 1 heterocycles. The number of alkyl carbamates (subject to hydrolysis) is 1. The zero-order chi connectivity index (χ0) is 21.3. The van der Waals surface area contributed by atoms with Gasteiger partial charge in [0.25, 0.3) is 0 Å². The minimum absolute atomic E-state index is 0. The Kier molecular flexibility index (Phi) is 10.9. The summed E-state index contributed by atoms with van der Waals surface area (Å²) in [4.78, 5) is 30.2. The molecule has 0 atom stereocenters. The van der Waals surface area contributed by atoms with Gasteiger partial charge in [0.05, 0.1) is 6.54 Å². The highest BCUT2D eigenvalue weighted by Gasteiger charge is 2.22. The van der Waals surface area contributed by atoms with Crippen LogP contribution >= 0.6 is 24.0 Å². The molecule has 1 aromatic carbocycles. The highest BCUT2D eigenvalue weighted by molar-refractivity contribution is 14.0. The maximum atomic E-state index is 12.7. The van der Waals surface area contributed by atoms with Gasteiger partial charge in [-0.05, 0) is 51.7 Å². The topological polar surface area (TPSA) is 95.1 Å². The molecule has 2 amide bonds. The lowest BCUT2D eigenvalue weighted by molar-refractivity contribution is -0.117. The lowest BCUT2D eigenvalue weighted by Gasteiger charge is -2.29. The van der Waals surface area contributed by atoms with E-state index in [1.165, 1.54) is 5.56 Å². The number of guanidine groups is 1. The highest BCUT2D eigenvalue weighted by atomic mass is 127. The van der Waals surface area contributed by atoms with Gasteiger partial charge in [0, 0.05) is 32.4 Å². The molecule has 1 aliphatic heterocycles. The first-order valence-corrected chi connectivity index (χ1v) is 10.1. The number of carbonyl (C=O) groups is 2. The van der Waals surface area contributed by atoms with Gasteiger partial charge in [-0.25, -0.2) is 4.79 Å². The summed E-state index contributed by atoms with van der Waals surface area (Å²) >= 11 is 0. The van der Waals surface area contributed by atoms with Crippen molar-refractivity contribution < 1.29 is 14.3 Å². The summed E-state index contributed by atoms with van der Waals surface area (Å²) in [5, 5.41) is 8.92. The number of amides is 2. The molecule has 1 aliphatic rings. The van der Waals surface area contributed by atoms with Crippen molar-refractivity contribution >= 4 is 47.6 Å². The summed E-state index contributed by atoms with van der Waals surface area (Å²) in [5.74, 6) is 0.576. The van der Waals surface area contributed by atoms with Crippen LogP contribution in [0.15, 0.2) is 29.3 Å². The van der Waals surface area contributed by atoms with E-state index < -0.39 is 11.7 Å². The Balaban J connectivity index is 0.00000450. The van der Waals surface area contributed by atoms with Crippen LogP contribution in [0.1, 0.15) is 39.2 Å². The Morgan fingerprint density at radius 1 is 1.13 bits per heavy atom. The van der Waals surface area contributed by atoms with Crippen LogP contribution in [0.25, 0.3) is 0 Å². The van der Waals surface area contributed by atoms with E-state index in [9.17, 15) is 9.59 Å². The van der Waals surface area contributed by atoms with Crippen LogP contribution in [0, 0.1) is 0 Å². The van der Waals surface area contributed by atoms with Crippen molar-refractivity contribution in [1.29, 1.82) is 0 Å². The number of benzene rings is 1. The summed E-state index contributed by atoms with van der Waals surface area (Å²) in [7, 11) is 1.66. The molecule has 0 aliphatic carbocycles. The third kappa shape index (κ3) is 8.76. The number of hydrogen-bond donors (Lipinski definition) is 3. The van der Waals surface area contributed by atoms with Crippen molar-refractivity contribution in [2.75, 3.05) is 38.1 Å². The summed E-state index contributed by atoms with van der Waals surface area (Å²) in [6.45, 7) is 7.48. The van der Waals surface area contributed by atoms with E-state index >= 15 is 0 Å². The molecule has 168 valence electrons. The van der Waals surface area contributed by atoms with E-state index in [2.05, 4.69) is 27.0 Å². The molecule has 0 aromatic heterocycles. The van der Waals surface area contributed by atoms with E-state index in [-0.39, 0.29) is 36.4 Å². The SMILES string of the molecule is CN=C(NCCCNC(=O)OC(C)(C)C)NCC(=O)N1CCCc2ccccc21.I. The monoisotopic (exact) mass is 531 g/mol. The maximum absolute atomic E-state index is 12.7. The first-order chi connectivity index (χ1) is 13.8. The normalized spacial score (nSPS) is 13.6. The number of nitrogens with one attached hydrogen (secondary N) is 3. The quantitative estimate of drug-likeness (QED) is 0.227. The van der Waals surface area contributed by atoms with Crippen LogP contribution in [-0.2, 0) is 16.0 Å². The van der Waals surface area contributed by atoms with Crippen molar-refractivity contribution in [1.82, 2.24) is 16.0 Å². The van der Waals surface area contributed by atoms with Crippen molar-refractivity contribution in [3.63, 3.8) is 0 Å². The molecular weight excluding hydrogens is 497 g/mol. The summed E-state index contributed by atoms with van der Waals surface area (Å²) in [5.41, 5.74) is 1.71. The number of aliphatic imine (C=N–C) groups is 1. The molecule has 0 saturated carbocycles. The highest BCUT2D eigenvalue weighted by Crippen LogP contribution is 2.26. The van der Waals surface area contributed by atoms with Crippen LogP contribution in [0.4, 0.5) is 10.5 Å². The average molecular weight is 531 g/mol. The molecule has 0 saturated heterocycles. The predicted molar refractivity (Wildman–Crippen MR) is 131 cm³/mol. The van der Waals surface area contributed by atoms with E-state index in [0.29, 0.717) is 25.5 Å².